The lowest BCUT2D eigenvalue weighted by molar-refractivity contribution is -0.0663. The highest BCUT2D eigenvalue weighted by Gasteiger charge is 2.60. The highest BCUT2D eigenvalue weighted by Crippen LogP contribution is 2.52. The second-order valence-corrected chi connectivity index (χ2v) is 7.01. The van der Waals surface area contributed by atoms with Crippen LogP contribution >= 0.6 is 11.6 Å². The lowest BCUT2D eigenvalue weighted by atomic mass is 9.48. The topological polar surface area (TPSA) is 55.1 Å². The molecule has 0 aliphatic heterocycles. The molecule has 0 aromatic heterocycles. The fourth-order valence-corrected chi connectivity index (χ4v) is 3.65. The molecule has 1 fully saturated rings. The van der Waals surface area contributed by atoms with Gasteiger partial charge in [0.25, 0.3) is 5.91 Å². The Labute approximate surface area is 123 Å². The summed E-state index contributed by atoms with van der Waals surface area (Å²) in [5, 5.41) is 2.79. The number of carbonyl (C=O) groups is 1. The van der Waals surface area contributed by atoms with Crippen molar-refractivity contribution in [3.8, 4) is 0 Å². The van der Waals surface area contributed by atoms with Crippen molar-refractivity contribution in [1.29, 1.82) is 0 Å². The molecule has 0 atom stereocenters. The van der Waals surface area contributed by atoms with E-state index in [9.17, 15) is 9.18 Å². The molecule has 0 bridgehead atoms. The zero-order valence-corrected chi connectivity index (χ0v) is 12.9. The number of benzene rings is 1. The minimum Gasteiger partial charge on any atom is -0.348 e. The summed E-state index contributed by atoms with van der Waals surface area (Å²) in [6.45, 7) is 8.06. The summed E-state index contributed by atoms with van der Waals surface area (Å²) in [7, 11) is 0. The number of hydrogen-bond acceptors (Lipinski definition) is 2. The molecule has 1 amide bonds. The van der Waals surface area contributed by atoms with E-state index in [2.05, 4.69) is 5.32 Å². The molecule has 20 heavy (non-hydrogen) atoms. The molecule has 110 valence electrons. The molecule has 3 nitrogen and oxygen atoms in total. The van der Waals surface area contributed by atoms with E-state index in [1.54, 1.807) is 0 Å². The average Bonchev–Trinajstić information content (AvgIpc) is 2.37. The van der Waals surface area contributed by atoms with Crippen molar-refractivity contribution in [3.05, 3.63) is 34.6 Å². The molecular formula is C15H20ClFN2O. The van der Waals surface area contributed by atoms with Gasteiger partial charge in [-0.15, -0.1) is 0 Å². The summed E-state index contributed by atoms with van der Waals surface area (Å²) in [6.07, 6.45) is 0. The van der Waals surface area contributed by atoms with E-state index >= 15 is 0 Å². The molecule has 0 heterocycles. The number of nitrogens with one attached hydrogen (secondary N) is 1. The summed E-state index contributed by atoms with van der Waals surface area (Å²) in [6, 6.07) is 4.12. The summed E-state index contributed by atoms with van der Waals surface area (Å²) >= 11 is 5.84. The smallest absolute Gasteiger partial charge is 0.253 e. The van der Waals surface area contributed by atoms with Crippen LogP contribution in [-0.4, -0.2) is 18.0 Å². The normalized spacial score (nSPS) is 26.8. The lowest BCUT2D eigenvalue weighted by Crippen LogP contribution is -2.76. The van der Waals surface area contributed by atoms with E-state index in [1.807, 2.05) is 27.7 Å². The van der Waals surface area contributed by atoms with Crippen LogP contribution < -0.4 is 11.1 Å². The van der Waals surface area contributed by atoms with Gasteiger partial charge in [0.05, 0.1) is 10.6 Å². The lowest BCUT2D eigenvalue weighted by Gasteiger charge is -2.62. The molecule has 5 heteroatoms. The Hall–Kier alpha value is -1.13. The maximum Gasteiger partial charge on any atom is 0.253 e. The van der Waals surface area contributed by atoms with E-state index in [1.165, 1.54) is 18.2 Å². The van der Waals surface area contributed by atoms with Crippen LogP contribution in [0.15, 0.2) is 18.2 Å². The average molecular weight is 299 g/mol. The monoisotopic (exact) mass is 298 g/mol. The van der Waals surface area contributed by atoms with Crippen molar-refractivity contribution in [2.24, 2.45) is 16.6 Å². The Morgan fingerprint density at radius 2 is 1.85 bits per heavy atom. The maximum atomic E-state index is 13.4. The van der Waals surface area contributed by atoms with Gasteiger partial charge in [-0.25, -0.2) is 4.39 Å². The third-order valence-electron chi connectivity index (χ3n) is 4.56. The van der Waals surface area contributed by atoms with E-state index in [-0.39, 0.29) is 39.4 Å². The number of carbonyl (C=O) groups excluding carboxylic acids is 1. The Morgan fingerprint density at radius 1 is 1.30 bits per heavy atom. The summed E-state index contributed by atoms with van der Waals surface area (Å²) < 4.78 is 13.4. The van der Waals surface area contributed by atoms with Crippen molar-refractivity contribution in [3.63, 3.8) is 0 Å². The number of nitrogens with two attached hydrogens (primary N) is 1. The van der Waals surface area contributed by atoms with Gasteiger partial charge < -0.3 is 11.1 Å². The number of amides is 1. The van der Waals surface area contributed by atoms with Gasteiger partial charge in [-0.05, 0) is 12.1 Å². The first-order valence-electron chi connectivity index (χ1n) is 6.60. The van der Waals surface area contributed by atoms with Crippen LogP contribution in [0.1, 0.15) is 38.1 Å². The predicted molar refractivity (Wildman–Crippen MR) is 78.2 cm³/mol. The van der Waals surface area contributed by atoms with E-state index in [4.69, 9.17) is 17.3 Å². The zero-order valence-electron chi connectivity index (χ0n) is 12.1. The Bertz CT molecular complexity index is 541. The van der Waals surface area contributed by atoms with Crippen molar-refractivity contribution in [2.75, 3.05) is 0 Å². The third-order valence-corrected chi connectivity index (χ3v) is 4.95. The van der Waals surface area contributed by atoms with E-state index in [0.29, 0.717) is 0 Å². The van der Waals surface area contributed by atoms with Gasteiger partial charge in [0.15, 0.2) is 0 Å². The Morgan fingerprint density at radius 3 is 2.40 bits per heavy atom. The largest absolute Gasteiger partial charge is 0.348 e. The van der Waals surface area contributed by atoms with E-state index in [0.717, 1.165) is 0 Å². The van der Waals surface area contributed by atoms with Crippen LogP contribution in [0.5, 0.6) is 0 Å². The highest BCUT2D eigenvalue weighted by molar-refractivity contribution is 6.34. The van der Waals surface area contributed by atoms with Crippen molar-refractivity contribution >= 4 is 17.5 Å². The van der Waals surface area contributed by atoms with E-state index < -0.39 is 5.82 Å². The first-order chi connectivity index (χ1) is 9.10. The fraction of sp³-hybridized carbons (Fsp3) is 0.533. The number of rotatable bonds is 2. The Kier molecular flexibility index (Phi) is 3.59. The van der Waals surface area contributed by atoms with Crippen molar-refractivity contribution in [2.45, 2.75) is 39.8 Å². The molecule has 0 spiro atoms. The second kappa shape index (κ2) is 4.71. The molecule has 0 unspecified atom stereocenters. The molecule has 3 N–H and O–H groups in total. The molecule has 1 aliphatic carbocycles. The van der Waals surface area contributed by atoms with Crippen LogP contribution in [0.3, 0.4) is 0 Å². The third kappa shape index (κ3) is 2.11. The van der Waals surface area contributed by atoms with Crippen LogP contribution in [0.4, 0.5) is 4.39 Å². The summed E-state index contributed by atoms with van der Waals surface area (Å²) in [4.78, 5) is 12.3. The van der Waals surface area contributed by atoms with Gasteiger partial charge in [-0.1, -0.05) is 45.4 Å². The van der Waals surface area contributed by atoms with Crippen LogP contribution in [0.2, 0.25) is 5.02 Å². The van der Waals surface area contributed by atoms with Gasteiger partial charge in [0.1, 0.15) is 5.82 Å². The molecule has 0 saturated heterocycles. The molecular weight excluding hydrogens is 279 g/mol. The maximum absolute atomic E-state index is 13.4. The van der Waals surface area contributed by atoms with Crippen LogP contribution in [0.25, 0.3) is 0 Å². The number of halogens is 2. The second-order valence-electron chi connectivity index (χ2n) is 6.63. The van der Waals surface area contributed by atoms with Gasteiger partial charge in [0, 0.05) is 22.9 Å². The molecule has 1 aromatic carbocycles. The minimum absolute atomic E-state index is 0.0109. The standard InChI is InChI=1S/C15H20ClFN2O/c1-14(2)12(18)15(3,4)13(14)19-11(20)8-6-5-7-9(17)10(8)16/h5-7,12-13H,18H2,1-4H3,(H,19,20). The quantitative estimate of drug-likeness (QED) is 0.882. The van der Waals surface area contributed by atoms with Crippen molar-refractivity contribution < 1.29 is 9.18 Å². The molecule has 1 aromatic rings. The first-order valence-corrected chi connectivity index (χ1v) is 6.98. The number of hydrogen-bond donors (Lipinski definition) is 2. The SMILES string of the molecule is CC1(C)C(N)C(C)(C)C1NC(=O)c1cccc(F)c1Cl. The molecule has 1 aliphatic rings. The van der Waals surface area contributed by atoms with Gasteiger partial charge >= 0.3 is 0 Å². The highest BCUT2D eigenvalue weighted by atomic mass is 35.5. The molecule has 2 rings (SSSR count). The zero-order chi connectivity index (χ0) is 15.3. The van der Waals surface area contributed by atoms with Gasteiger partial charge in [0.2, 0.25) is 0 Å². The fourth-order valence-electron chi connectivity index (χ4n) is 3.44. The molecule has 0 radical (unpaired) electrons. The molecule has 1 saturated carbocycles. The van der Waals surface area contributed by atoms with Crippen LogP contribution in [0, 0.1) is 16.6 Å². The van der Waals surface area contributed by atoms with Crippen LogP contribution in [-0.2, 0) is 0 Å². The van der Waals surface area contributed by atoms with Gasteiger partial charge in [-0.2, -0.15) is 0 Å². The van der Waals surface area contributed by atoms with Gasteiger partial charge in [-0.3, -0.25) is 4.79 Å². The first kappa shape index (κ1) is 15.3. The summed E-state index contributed by atoms with van der Waals surface area (Å²) in [5.41, 5.74) is 5.89. The van der Waals surface area contributed by atoms with Crippen molar-refractivity contribution in [1.82, 2.24) is 5.32 Å². The Balaban J connectivity index is 2.23. The predicted octanol–water partition coefficient (Wildman–Crippen LogP) is 2.97. The summed E-state index contributed by atoms with van der Waals surface area (Å²) in [5.74, 6) is -0.962. The minimum atomic E-state index is -0.594.